The minimum Gasteiger partial charge on any atom is -0.445 e. The van der Waals surface area contributed by atoms with Gasteiger partial charge in [0, 0.05) is 19.2 Å². The Morgan fingerprint density at radius 2 is 1.83 bits per heavy atom. The van der Waals surface area contributed by atoms with Gasteiger partial charge in [0.2, 0.25) is 5.91 Å². The van der Waals surface area contributed by atoms with Crippen LogP contribution in [0.15, 0.2) is 30.3 Å². The van der Waals surface area contributed by atoms with Crippen molar-refractivity contribution in [2.45, 2.75) is 50.5 Å². The summed E-state index contributed by atoms with van der Waals surface area (Å²) < 4.78 is 10.6. The predicted octanol–water partition coefficient (Wildman–Crippen LogP) is 2.08. The summed E-state index contributed by atoms with van der Waals surface area (Å²) in [5, 5.41) is 2.56. The fraction of sp³-hybridized carbons (Fsp3) is 0.556. The second-order valence-corrected chi connectivity index (χ2v) is 6.43. The maximum atomic E-state index is 12.4. The highest BCUT2D eigenvalue weighted by molar-refractivity contribution is 5.83. The fourth-order valence-corrected chi connectivity index (χ4v) is 3.74. The normalized spacial score (nSPS) is 25.4. The third-order valence-electron chi connectivity index (χ3n) is 4.91. The summed E-state index contributed by atoms with van der Waals surface area (Å²) in [7, 11) is 1.73. The lowest BCUT2D eigenvalue weighted by atomic mass is 9.99. The Kier molecular flexibility index (Phi) is 5.35. The summed E-state index contributed by atoms with van der Waals surface area (Å²) in [5.74, 6) is -0.0336. The molecule has 2 fully saturated rings. The number of hydrogen-bond donors (Lipinski definition) is 1. The first-order valence-electron chi connectivity index (χ1n) is 8.46. The Balaban J connectivity index is 1.43. The molecule has 2 bridgehead atoms. The molecule has 130 valence electrons. The van der Waals surface area contributed by atoms with Crippen molar-refractivity contribution in [3.63, 3.8) is 0 Å². The number of piperidine rings is 1. The number of fused-ring (bicyclic) bond motifs is 2. The number of amides is 2. The minimum absolute atomic E-state index is 0.0156. The van der Waals surface area contributed by atoms with E-state index >= 15 is 0 Å². The third-order valence-corrected chi connectivity index (χ3v) is 4.91. The van der Waals surface area contributed by atoms with Gasteiger partial charge in [-0.3, -0.25) is 4.79 Å². The van der Waals surface area contributed by atoms with Gasteiger partial charge in [0.1, 0.15) is 13.2 Å². The van der Waals surface area contributed by atoms with Gasteiger partial charge >= 0.3 is 6.09 Å². The van der Waals surface area contributed by atoms with Gasteiger partial charge in [0.15, 0.2) is 0 Å². The van der Waals surface area contributed by atoms with E-state index in [2.05, 4.69) is 5.32 Å². The Labute approximate surface area is 142 Å². The second kappa shape index (κ2) is 7.66. The average Bonchev–Trinajstić information content (AvgIpc) is 2.88. The number of benzene rings is 1. The van der Waals surface area contributed by atoms with Crippen LogP contribution in [-0.4, -0.2) is 48.7 Å². The van der Waals surface area contributed by atoms with Crippen LogP contribution in [0.1, 0.15) is 31.2 Å². The highest BCUT2D eigenvalue weighted by atomic mass is 16.5. The lowest BCUT2D eigenvalue weighted by Gasteiger charge is -2.38. The van der Waals surface area contributed by atoms with Gasteiger partial charge in [-0.2, -0.15) is 0 Å². The van der Waals surface area contributed by atoms with E-state index in [1.54, 1.807) is 7.11 Å². The topological polar surface area (TPSA) is 67.9 Å². The molecular weight excluding hydrogens is 308 g/mol. The summed E-state index contributed by atoms with van der Waals surface area (Å²) >= 11 is 0. The molecule has 6 heteroatoms. The number of hydrogen-bond acceptors (Lipinski definition) is 4. The summed E-state index contributed by atoms with van der Waals surface area (Å²) in [4.78, 5) is 26.1. The van der Waals surface area contributed by atoms with E-state index in [0.29, 0.717) is 0 Å². The molecule has 0 saturated carbocycles. The molecule has 0 radical (unpaired) electrons. The maximum absolute atomic E-state index is 12.4. The number of alkyl carbamates (subject to hydrolysis) is 1. The highest BCUT2D eigenvalue weighted by Gasteiger charge is 2.43. The minimum atomic E-state index is -0.564. The lowest BCUT2D eigenvalue weighted by molar-refractivity contribution is -0.136. The van der Waals surface area contributed by atoms with Gasteiger partial charge < -0.3 is 19.7 Å². The van der Waals surface area contributed by atoms with Crippen LogP contribution in [-0.2, 0) is 20.9 Å². The second-order valence-electron chi connectivity index (χ2n) is 6.43. The van der Waals surface area contributed by atoms with E-state index in [1.165, 1.54) is 0 Å². The summed E-state index contributed by atoms with van der Waals surface area (Å²) in [5.41, 5.74) is 0.915. The molecule has 1 aromatic carbocycles. The Hall–Kier alpha value is -2.08. The van der Waals surface area contributed by atoms with E-state index in [-0.39, 0.29) is 37.2 Å². The maximum Gasteiger partial charge on any atom is 0.407 e. The fourth-order valence-electron chi connectivity index (χ4n) is 3.74. The third kappa shape index (κ3) is 3.87. The van der Waals surface area contributed by atoms with E-state index in [4.69, 9.17) is 9.47 Å². The molecule has 2 unspecified atom stereocenters. The Bertz CT molecular complexity index is 564. The van der Waals surface area contributed by atoms with Crippen molar-refractivity contribution in [2.75, 3.05) is 13.7 Å². The van der Waals surface area contributed by atoms with Crippen LogP contribution >= 0.6 is 0 Å². The molecule has 0 aliphatic carbocycles. The van der Waals surface area contributed by atoms with E-state index in [0.717, 1.165) is 31.2 Å². The van der Waals surface area contributed by atoms with Crippen molar-refractivity contribution in [1.29, 1.82) is 0 Å². The van der Waals surface area contributed by atoms with Crippen molar-refractivity contribution < 1.29 is 19.1 Å². The molecule has 6 nitrogen and oxygen atoms in total. The van der Waals surface area contributed by atoms with Crippen molar-refractivity contribution in [3.8, 4) is 0 Å². The molecule has 2 aliphatic rings. The van der Waals surface area contributed by atoms with Gasteiger partial charge in [0.25, 0.3) is 0 Å². The van der Waals surface area contributed by atoms with Crippen LogP contribution in [0.5, 0.6) is 0 Å². The number of ether oxygens (including phenoxy) is 2. The van der Waals surface area contributed by atoms with Crippen molar-refractivity contribution >= 4 is 12.0 Å². The predicted molar refractivity (Wildman–Crippen MR) is 88.3 cm³/mol. The summed E-state index contributed by atoms with van der Waals surface area (Å²) in [6.07, 6.45) is 3.50. The summed E-state index contributed by atoms with van der Waals surface area (Å²) in [6.45, 7) is 0.184. The molecule has 0 spiro atoms. The zero-order chi connectivity index (χ0) is 16.9. The standard InChI is InChI=1S/C18H24N2O4/c1-23-16-9-14-7-8-15(10-16)20(14)17(21)11-19-18(22)24-12-13-5-3-2-4-6-13/h2-6,14-16H,7-12H2,1H3,(H,19,22). The quantitative estimate of drug-likeness (QED) is 0.896. The first kappa shape index (κ1) is 16.8. The van der Waals surface area contributed by atoms with Gasteiger partial charge in [-0.15, -0.1) is 0 Å². The zero-order valence-electron chi connectivity index (χ0n) is 13.9. The van der Waals surface area contributed by atoms with Gasteiger partial charge in [-0.25, -0.2) is 4.79 Å². The smallest absolute Gasteiger partial charge is 0.407 e. The largest absolute Gasteiger partial charge is 0.445 e. The molecular formula is C18H24N2O4. The van der Waals surface area contributed by atoms with Crippen LogP contribution in [0.2, 0.25) is 0 Å². The van der Waals surface area contributed by atoms with Crippen LogP contribution < -0.4 is 5.32 Å². The molecule has 2 amide bonds. The molecule has 2 aliphatic heterocycles. The molecule has 3 rings (SSSR count). The number of carbonyl (C=O) groups is 2. The van der Waals surface area contributed by atoms with E-state index in [9.17, 15) is 9.59 Å². The van der Waals surface area contributed by atoms with Crippen LogP contribution in [0.4, 0.5) is 4.79 Å². The zero-order valence-corrected chi connectivity index (χ0v) is 13.9. The first-order valence-corrected chi connectivity index (χ1v) is 8.46. The summed E-state index contributed by atoms with van der Waals surface area (Å²) in [6, 6.07) is 9.93. The number of carbonyl (C=O) groups excluding carboxylic acids is 2. The van der Waals surface area contributed by atoms with Crippen molar-refractivity contribution in [2.24, 2.45) is 0 Å². The van der Waals surface area contributed by atoms with Gasteiger partial charge in [-0.05, 0) is 31.2 Å². The van der Waals surface area contributed by atoms with Gasteiger partial charge in [-0.1, -0.05) is 30.3 Å². The number of methoxy groups -OCH3 is 1. The number of rotatable bonds is 5. The van der Waals surface area contributed by atoms with E-state index in [1.807, 2.05) is 35.2 Å². The average molecular weight is 332 g/mol. The number of nitrogens with zero attached hydrogens (tertiary/aromatic N) is 1. The molecule has 2 atom stereocenters. The lowest BCUT2D eigenvalue weighted by Crippen LogP contribution is -2.51. The Morgan fingerprint density at radius 1 is 1.17 bits per heavy atom. The number of nitrogens with one attached hydrogen (secondary N) is 1. The molecule has 2 saturated heterocycles. The monoisotopic (exact) mass is 332 g/mol. The first-order chi connectivity index (χ1) is 11.7. The molecule has 1 N–H and O–H groups in total. The van der Waals surface area contributed by atoms with Crippen molar-refractivity contribution in [1.82, 2.24) is 10.2 Å². The van der Waals surface area contributed by atoms with Gasteiger partial charge in [0.05, 0.1) is 6.10 Å². The Morgan fingerprint density at radius 3 is 2.46 bits per heavy atom. The molecule has 1 aromatic rings. The molecule has 0 aromatic heterocycles. The molecule has 24 heavy (non-hydrogen) atoms. The SMILES string of the molecule is COC1CC2CCC(C1)N2C(=O)CNC(=O)OCc1ccccc1. The molecule has 2 heterocycles. The van der Waals surface area contributed by atoms with Crippen LogP contribution in [0.25, 0.3) is 0 Å². The van der Waals surface area contributed by atoms with Crippen LogP contribution in [0, 0.1) is 0 Å². The van der Waals surface area contributed by atoms with Crippen LogP contribution in [0.3, 0.4) is 0 Å². The highest BCUT2D eigenvalue weighted by Crippen LogP contribution is 2.36. The van der Waals surface area contributed by atoms with Crippen molar-refractivity contribution in [3.05, 3.63) is 35.9 Å². The van der Waals surface area contributed by atoms with E-state index < -0.39 is 6.09 Å².